The summed E-state index contributed by atoms with van der Waals surface area (Å²) in [5.74, 6) is -0.600. The maximum absolute atomic E-state index is 14.6. The van der Waals surface area contributed by atoms with Crippen molar-refractivity contribution in [3.05, 3.63) is 64.5 Å². The number of hydrogen-bond donors (Lipinski definition) is 2. The molecule has 1 heterocycles. The van der Waals surface area contributed by atoms with Gasteiger partial charge in [0, 0.05) is 12.1 Å². The molecule has 2 N–H and O–H groups in total. The van der Waals surface area contributed by atoms with Crippen LogP contribution in [-0.4, -0.2) is 12.5 Å². The zero-order valence-corrected chi connectivity index (χ0v) is 14.4. The summed E-state index contributed by atoms with van der Waals surface area (Å²) in [6.07, 6.45) is 0.644. The summed E-state index contributed by atoms with van der Waals surface area (Å²) < 4.78 is 14.6. The van der Waals surface area contributed by atoms with Crippen LogP contribution in [0.4, 0.5) is 10.1 Å². The van der Waals surface area contributed by atoms with Gasteiger partial charge in [-0.1, -0.05) is 39.0 Å². The first kappa shape index (κ1) is 16.7. The topological polar surface area (TPSA) is 41.1 Å². The molecule has 0 bridgehead atoms. The third kappa shape index (κ3) is 3.34. The summed E-state index contributed by atoms with van der Waals surface area (Å²) in [5.41, 5.74) is 3.64. The van der Waals surface area contributed by atoms with Crippen LogP contribution in [0.1, 0.15) is 47.8 Å². The standard InChI is InChI=1S/C20H23FN2O/c1-20(2,3)15-7-4-13(5-8-15)19(24)23-17-9-6-14-12-22-11-10-16(14)18(17)21/h4-9,22H,10-12H2,1-3H3,(H,23,24). The van der Waals surface area contributed by atoms with Gasteiger partial charge in [0.25, 0.3) is 5.91 Å². The second-order valence-corrected chi connectivity index (χ2v) is 7.27. The molecule has 0 saturated carbocycles. The number of hydrogen-bond acceptors (Lipinski definition) is 2. The molecule has 0 unspecified atom stereocenters. The number of carbonyl (C=O) groups excluding carboxylic acids is 1. The summed E-state index contributed by atoms with van der Waals surface area (Å²) in [6.45, 7) is 7.81. The number of benzene rings is 2. The van der Waals surface area contributed by atoms with Gasteiger partial charge < -0.3 is 10.6 Å². The van der Waals surface area contributed by atoms with E-state index in [-0.39, 0.29) is 22.8 Å². The van der Waals surface area contributed by atoms with Gasteiger partial charge in [0.2, 0.25) is 0 Å². The number of amides is 1. The maximum Gasteiger partial charge on any atom is 0.255 e. The lowest BCUT2D eigenvalue weighted by Crippen LogP contribution is -2.25. The summed E-state index contributed by atoms with van der Waals surface area (Å²) >= 11 is 0. The molecule has 0 atom stereocenters. The summed E-state index contributed by atoms with van der Waals surface area (Å²) in [5, 5.41) is 5.92. The quantitative estimate of drug-likeness (QED) is 0.875. The van der Waals surface area contributed by atoms with Gasteiger partial charge >= 0.3 is 0 Å². The number of fused-ring (bicyclic) bond motifs is 1. The molecule has 24 heavy (non-hydrogen) atoms. The largest absolute Gasteiger partial charge is 0.319 e. The number of anilines is 1. The minimum absolute atomic E-state index is 0.0354. The van der Waals surface area contributed by atoms with Crippen molar-refractivity contribution in [3.63, 3.8) is 0 Å². The van der Waals surface area contributed by atoms with Crippen molar-refractivity contribution >= 4 is 11.6 Å². The van der Waals surface area contributed by atoms with Crippen LogP contribution in [0.15, 0.2) is 36.4 Å². The van der Waals surface area contributed by atoms with E-state index in [0.717, 1.165) is 17.7 Å². The highest BCUT2D eigenvalue weighted by atomic mass is 19.1. The van der Waals surface area contributed by atoms with Gasteiger partial charge in [0.15, 0.2) is 0 Å². The Balaban J connectivity index is 1.80. The van der Waals surface area contributed by atoms with Gasteiger partial charge in [0.1, 0.15) is 5.82 Å². The van der Waals surface area contributed by atoms with Crippen LogP contribution in [0.3, 0.4) is 0 Å². The molecule has 126 valence electrons. The van der Waals surface area contributed by atoms with Crippen LogP contribution in [0.2, 0.25) is 0 Å². The lowest BCUT2D eigenvalue weighted by atomic mass is 9.86. The number of carbonyl (C=O) groups is 1. The van der Waals surface area contributed by atoms with Gasteiger partial charge in [-0.15, -0.1) is 0 Å². The molecule has 0 aromatic heterocycles. The third-order valence-corrected chi connectivity index (χ3v) is 4.47. The molecule has 0 radical (unpaired) electrons. The van der Waals surface area contributed by atoms with Crippen LogP contribution in [-0.2, 0) is 18.4 Å². The predicted molar refractivity (Wildman–Crippen MR) is 94.9 cm³/mol. The Morgan fingerprint density at radius 2 is 1.83 bits per heavy atom. The lowest BCUT2D eigenvalue weighted by Gasteiger charge is -2.20. The van der Waals surface area contributed by atoms with Gasteiger partial charge in [-0.2, -0.15) is 0 Å². The van der Waals surface area contributed by atoms with E-state index in [1.54, 1.807) is 18.2 Å². The fourth-order valence-corrected chi connectivity index (χ4v) is 2.95. The molecular weight excluding hydrogens is 303 g/mol. The monoisotopic (exact) mass is 326 g/mol. The molecule has 0 fully saturated rings. The average Bonchev–Trinajstić information content (AvgIpc) is 2.57. The molecule has 2 aromatic carbocycles. The fraction of sp³-hybridized carbons (Fsp3) is 0.350. The predicted octanol–water partition coefficient (Wildman–Crippen LogP) is 4.02. The van der Waals surface area contributed by atoms with E-state index in [4.69, 9.17) is 0 Å². The summed E-state index contributed by atoms with van der Waals surface area (Å²) in [7, 11) is 0. The average molecular weight is 326 g/mol. The highest BCUT2D eigenvalue weighted by Gasteiger charge is 2.18. The van der Waals surface area contributed by atoms with Crippen LogP contribution in [0.5, 0.6) is 0 Å². The number of nitrogens with one attached hydrogen (secondary N) is 2. The first-order valence-corrected chi connectivity index (χ1v) is 8.29. The van der Waals surface area contributed by atoms with Crippen LogP contribution >= 0.6 is 0 Å². The first-order chi connectivity index (χ1) is 11.4. The van der Waals surface area contributed by atoms with Crippen LogP contribution in [0.25, 0.3) is 0 Å². The number of rotatable bonds is 2. The molecular formula is C20H23FN2O. The zero-order chi connectivity index (χ0) is 17.3. The molecule has 3 nitrogen and oxygen atoms in total. The van der Waals surface area contributed by atoms with E-state index in [0.29, 0.717) is 24.1 Å². The van der Waals surface area contributed by atoms with Gasteiger partial charge in [-0.25, -0.2) is 4.39 Å². The van der Waals surface area contributed by atoms with E-state index in [1.807, 2.05) is 18.2 Å². The maximum atomic E-state index is 14.6. The van der Waals surface area contributed by atoms with Crippen LogP contribution < -0.4 is 10.6 Å². The number of halogens is 1. The van der Waals surface area contributed by atoms with Crippen molar-refractivity contribution in [1.29, 1.82) is 0 Å². The highest BCUT2D eigenvalue weighted by molar-refractivity contribution is 6.04. The van der Waals surface area contributed by atoms with Crippen molar-refractivity contribution in [2.45, 2.75) is 39.2 Å². The molecule has 0 spiro atoms. The Bertz CT molecular complexity index is 760. The van der Waals surface area contributed by atoms with E-state index in [1.165, 1.54) is 0 Å². The molecule has 2 aromatic rings. The molecule has 4 heteroatoms. The fourth-order valence-electron chi connectivity index (χ4n) is 2.95. The second-order valence-electron chi connectivity index (χ2n) is 7.27. The summed E-state index contributed by atoms with van der Waals surface area (Å²) in [6, 6.07) is 11.0. The van der Waals surface area contributed by atoms with Crippen molar-refractivity contribution in [2.24, 2.45) is 0 Å². The van der Waals surface area contributed by atoms with Gasteiger partial charge in [-0.05, 0) is 53.3 Å². The van der Waals surface area contributed by atoms with Crippen molar-refractivity contribution in [2.75, 3.05) is 11.9 Å². The molecule has 3 rings (SSSR count). The minimum atomic E-state index is -0.311. The highest BCUT2D eigenvalue weighted by Crippen LogP contribution is 2.26. The van der Waals surface area contributed by atoms with Crippen LogP contribution in [0, 0.1) is 5.82 Å². The van der Waals surface area contributed by atoms with Crippen molar-refractivity contribution in [1.82, 2.24) is 5.32 Å². The minimum Gasteiger partial charge on any atom is -0.319 e. The van der Waals surface area contributed by atoms with Crippen molar-refractivity contribution < 1.29 is 9.18 Å². The van der Waals surface area contributed by atoms with Crippen molar-refractivity contribution in [3.8, 4) is 0 Å². The Morgan fingerprint density at radius 1 is 1.12 bits per heavy atom. The summed E-state index contributed by atoms with van der Waals surface area (Å²) in [4.78, 5) is 12.4. The van der Waals surface area contributed by atoms with E-state index >= 15 is 0 Å². The Kier molecular flexibility index (Phi) is 4.41. The van der Waals surface area contributed by atoms with Gasteiger partial charge in [0.05, 0.1) is 5.69 Å². The molecule has 1 aliphatic rings. The lowest BCUT2D eigenvalue weighted by molar-refractivity contribution is 0.102. The Labute approximate surface area is 142 Å². The first-order valence-electron chi connectivity index (χ1n) is 8.29. The molecule has 0 aliphatic carbocycles. The third-order valence-electron chi connectivity index (χ3n) is 4.47. The SMILES string of the molecule is CC(C)(C)c1ccc(C(=O)Nc2ccc3c(c2F)CCNC3)cc1. The van der Waals surface area contributed by atoms with Gasteiger partial charge in [-0.3, -0.25) is 4.79 Å². The normalized spacial score (nSPS) is 14.2. The zero-order valence-electron chi connectivity index (χ0n) is 14.4. The molecule has 0 saturated heterocycles. The Morgan fingerprint density at radius 3 is 2.50 bits per heavy atom. The van der Waals surface area contributed by atoms with E-state index < -0.39 is 0 Å². The van der Waals surface area contributed by atoms with E-state index in [2.05, 4.69) is 31.4 Å². The second kappa shape index (κ2) is 6.36. The molecule has 1 aliphatic heterocycles. The smallest absolute Gasteiger partial charge is 0.255 e. The van der Waals surface area contributed by atoms with E-state index in [9.17, 15) is 9.18 Å². The molecule has 1 amide bonds. The Hall–Kier alpha value is -2.20.